The lowest BCUT2D eigenvalue weighted by molar-refractivity contribution is -0.137. The highest BCUT2D eigenvalue weighted by Gasteiger charge is 2.31. The summed E-state index contributed by atoms with van der Waals surface area (Å²) < 4.78 is 39.7. The molecule has 0 saturated carbocycles. The Morgan fingerprint density at radius 1 is 0.771 bits per heavy atom. The average molecular weight is 514 g/mol. The van der Waals surface area contributed by atoms with Crippen molar-refractivity contribution >= 4 is 28.8 Å². The van der Waals surface area contributed by atoms with Crippen molar-refractivity contribution in [2.75, 3.05) is 0 Å². The van der Waals surface area contributed by atoms with Crippen molar-refractivity contribution in [2.45, 2.75) is 6.18 Å². The topological polar surface area (TPSA) is 73.0 Å². The molecule has 11 heteroatoms. The Hall–Kier alpha value is -3.82. The molecular formula is C24H12Cl2F3N5O. The van der Waals surface area contributed by atoms with Gasteiger partial charge in [-0.05, 0) is 47.5 Å². The van der Waals surface area contributed by atoms with Crippen molar-refractivity contribution in [3.8, 4) is 33.6 Å². The summed E-state index contributed by atoms with van der Waals surface area (Å²) in [5, 5.41) is 13.6. The van der Waals surface area contributed by atoms with Crippen LogP contribution in [0.25, 0.3) is 39.3 Å². The number of hydrogen-bond donors (Lipinski definition) is 0. The lowest BCUT2D eigenvalue weighted by Crippen LogP contribution is -2.22. The van der Waals surface area contributed by atoms with E-state index in [-0.39, 0.29) is 17.0 Å². The molecule has 0 aliphatic heterocycles. The summed E-state index contributed by atoms with van der Waals surface area (Å²) in [6.45, 7) is 0. The van der Waals surface area contributed by atoms with Crippen LogP contribution in [0.3, 0.4) is 0 Å². The first kappa shape index (κ1) is 22.9. The molecule has 0 bridgehead atoms. The standard InChI is InChI=1S/C24H12Cl2F3N5O/c25-16-6-1-13(2-7-16)18-12-31-34-22(20(18)14-3-8-17(26)9-4-14)33-32-21(23(34)35)19-10-5-15(11-30-19)24(27,28)29/h1-12H. The van der Waals surface area contributed by atoms with E-state index in [1.54, 1.807) is 48.5 Å². The number of fused-ring (bicyclic) bond motifs is 1. The minimum atomic E-state index is -4.55. The van der Waals surface area contributed by atoms with Gasteiger partial charge >= 0.3 is 11.7 Å². The van der Waals surface area contributed by atoms with Gasteiger partial charge in [-0.25, -0.2) is 0 Å². The van der Waals surface area contributed by atoms with Gasteiger partial charge in [0.2, 0.25) is 0 Å². The molecule has 6 nitrogen and oxygen atoms in total. The summed E-state index contributed by atoms with van der Waals surface area (Å²) >= 11 is 12.1. The molecule has 0 N–H and O–H groups in total. The van der Waals surface area contributed by atoms with Gasteiger partial charge in [0.25, 0.3) is 0 Å². The van der Waals surface area contributed by atoms with Gasteiger partial charge in [-0.15, -0.1) is 10.2 Å². The first-order valence-corrected chi connectivity index (χ1v) is 10.8. The van der Waals surface area contributed by atoms with Crippen LogP contribution in [0.1, 0.15) is 5.56 Å². The van der Waals surface area contributed by atoms with Crippen LogP contribution in [0, 0.1) is 0 Å². The zero-order valence-electron chi connectivity index (χ0n) is 17.5. The van der Waals surface area contributed by atoms with E-state index in [0.29, 0.717) is 32.9 Å². The second-order valence-electron chi connectivity index (χ2n) is 7.47. The van der Waals surface area contributed by atoms with Crippen molar-refractivity contribution in [1.29, 1.82) is 0 Å². The van der Waals surface area contributed by atoms with Crippen LogP contribution >= 0.6 is 23.2 Å². The summed E-state index contributed by atoms with van der Waals surface area (Å²) in [5.41, 5.74) is 0.956. The van der Waals surface area contributed by atoms with E-state index in [4.69, 9.17) is 23.2 Å². The highest BCUT2D eigenvalue weighted by atomic mass is 35.5. The predicted molar refractivity (Wildman–Crippen MR) is 126 cm³/mol. The number of rotatable bonds is 3. The van der Waals surface area contributed by atoms with Gasteiger partial charge in [-0.2, -0.15) is 22.8 Å². The molecular weight excluding hydrogens is 502 g/mol. The van der Waals surface area contributed by atoms with Gasteiger partial charge in [0.05, 0.1) is 17.5 Å². The fourth-order valence-electron chi connectivity index (χ4n) is 3.55. The molecule has 3 heterocycles. The molecule has 35 heavy (non-hydrogen) atoms. The molecule has 5 rings (SSSR count). The molecule has 0 fully saturated rings. The number of aromatic nitrogens is 5. The van der Waals surface area contributed by atoms with Crippen molar-refractivity contribution in [3.63, 3.8) is 0 Å². The number of alkyl halides is 3. The number of halogens is 5. The predicted octanol–water partition coefficient (Wildman–Crippen LogP) is 6.21. The van der Waals surface area contributed by atoms with Crippen LogP contribution in [-0.4, -0.2) is 24.8 Å². The van der Waals surface area contributed by atoms with Gasteiger partial charge in [-0.3, -0.25) is 9.78 Å². The molecule has 0 atom stereocenters. The highest BCUT2D eigenvalue weighted by Crippen LogP contribution is 2.35. The second kappa shape index (κ2) is 8.75. The van der Waals surface area contributed by atoms with Gasteiger partial charge in [0.15, 0.2) is 11.3 Å². The first-order chi connectivity index (χ1) is 16.7. The summed E-state index contributed by atoms with van der Waals surface area (Å²) in [6.07, 6.45) is -2.41. The Morgan fingerprint density at radius 3 is 1.97 bits per heavy atom. The SMILES string of the molecule is O=c1c(-c2ccc(C(F)(F)F)cn2)nnc2c(-c3ccc(Cl)cc3)c(-c3ccc(Cl)cc3)cnn12. The van der Waals surface area contributed by atoms with E-state index in [1.165, 1.54) is 6.20 Å². The molecule has 2 aromatic carbocycles. The Kier molecular flexibility index (Phi) is 5.74. The molecule has 174 valence electrons. The van der Waals surface area contributed by atoms with Crippen molar-refractivity contribution in [2.24, 2.45) is 0 Å². The van der Waals surface area contributed by atoms with Crippen molar-refractivity contribution in [3.05, 3.63) is 99.0 Å². The molecule has 0 aliphatic rings. The number of pyridine rings is 1. The van der Waals surface area contributed by atoms with Gasteiger partial charge in [0.1, 0.15) is 0 Å². The van der Waals surface area contributed by atoms with Crippen LogP contribution in [0.5, 0.6) is 0 Å². The Bertz CT molecular complexity index is 1600. The summed E-state index contributed by atoms with van der Waals surface area (Å²) in [5.74, 6) is 0. The molecule has 0 spiro atoms. The third-order valence-corrected chi connectivity index (χ3v) is 5.76. The molecule has 0 saturated heterocycles. The molecule has 0 unspecified atom stereocenters. The highest BCUT2D eigenvalue weighted by molar-refractivity contribution is 6.31. The van der Waals surface area contributed by atoms with Crippen LogP contribution in [0.2, 0.25) is 10.0 Å². The van der Waals surface area contributed by atoms with E-state index in [2.05, 4.69) is 20.3 Å². The molecule has 0 aliphatic carbocycles. The Morgan fingerprint density at radius 2 is 1.40 bits per heavy atom. The lowest BCUT2D eigenvalue weighted by Gasteiger charge is -2.13. The van der Waals surface area contributed by atoms with E-state index < -0.39 is 17.3 Å². The quantitative estimate of drug-likeness (QED) is 0.287. The Labute approximate surface area is 205 Å². The minimum Gasteiger partial charge on any atom is -0.265 e. The van der Waals surface area contributed by atoms with Crippen LogP contribution < -0.4 is 5.56 Å². The smallest absolute Gasteiger partial charge is 0.265 e. The molecule has 0 radical (unpaired) electrons. The normalized spacial score (nSPS) is 11.7. The zero-order chi connectivity index (χ0) is 24.7. The maximum absolute atomic E-state index is 13.2. The maximum Gasteiger partial charge on any atom is 0.417 e. The number of nitrogens with zero attached hydrogens (tertiary/aromatic N) is 5. The van der Waals surface area contributed by atoms with Crippen molar-refractivity contribution in [1.82, 2.24) is 24.8 Å². The van der Waals surface area contributed by atoms with Gasteiger partial charge in [-0.1, -0.05) is 47.5 Å². The fraction of sp³-hybridized carbons (Fsp3) is 0.0417. The van der Waals surface area contributed by atoms with Crippen LogP contribution in [-0.2, 0) is 6.18 Å². The lowest BCUT2D eigenvalue weighted by atomic mass is 9.97. The van der Waals surface area contributed by atoms with Crippen LogP contribution in [0.15, 0.2) is 77.9 Å². The largest absolute Gasteiger partial charge is 0.417 e. The average Bonchev–Trinajstić information content (AvgIpc) is 2.84. The number of hydrogen-bond acceptors (Lipinski definition) is 5. The fourth-order valence-corrected chi connectivity index (χ4v) is 3.81. The Balaban J connectivity index is 1.73. The van der Waals surface area contributed by atoms with Crippen LogP contribution in [0.4, 0.5) is 13.2 Å². The van der Waals surface area contributed by atoms with E-state index >= 15 is 0 Å². The van der Waals surface area contributed by atoms with Gasteiger partial charge < -0.3 is 0 Å². The van der Waals surface area contributed by atoms with Gasteiger partial charge in [0, 0.05) is 27.4 Å². The second-order valence-corrected chi connectivity index (χ2v) is 8.34. The molecule has 3 aromatic heterocycles. The van der Waals surface area contributed by atoms with E-state index in [9.17, 15) is 18.0 Å². The number of benzene rings is 2. The van der Waals surface area contributed by atoms with E-state index in [1.807, 2.05) is 0 Å². The van der Waals surface area contributed by atoms with Crippen molar-refractivity contribution < 1.29 is 13.2 Å². The third kappa shape index (κ3) is 4.36. The minimum absolute atomic E-state index is 0.0541. The summed E-state index contributed by atoms with van der Waals surface area (Å²) in [6, 6.07) is 15.9. The maximum atomic E-state index is 13.2. The molecule has 0 amide bonds. The molecule has 5 aromatic rings. The zero-order valence-corrected chi connectivity index (χ0v) is 19.0. The monoisotopic (exact) mass is 513 g/mol. The first-order valence-electron chi connectivity index (χ1n) is 10.1. The summed E-state index contributed by atoms with van der Waals surface area (Å²) in [4.78, 5) is 17.0. The van der Waals surface area contributed by atoms with E-state index in [0.717, 1.165) is 22.2 Å². The third-order valence-electron chi connectivity index (χ3n) is 5.26. The summed E-state index contributed by atoms with van der Waals surface area (Å²) in [7, 11) is 0.